The van der Waals surface area contributed by atoms with Crippen LogP contribution >= 0.6 is 0 Å². The topological polar surface area (TPSA) is 66.7 Å². The Morgan fingerprint density at radius 1 is 1.19 bits per heavy atom. The Labute approximate surface area is 187 Å². The van der Waals surface area contributed by atoms with Crippen LogP contribution in [-0.4, -0.2) is 23.1 Å². The Kier molecular flexibility index (Phi) is 4.66. The molecule has 0 saturated carbocycles. The fourth-order valence-corrected chi connectivity index (χ4v) is 5.49. The van der Waals surface area contributed by atoms with E-state index in [0.717, 1.165) is 33.7 Å². The molecule has 0 spiro atoms. The molecule has 0 amide bonds. The lowest BCUT2D eigenvalue weighted by molar-refractivity contribution is -0.126. The Balaban J connectivity index is 1.75. The van der Waals surface area contributed by atoms with E-state index in [9.17, 15) is 4.79 Å². The Morgan fingerprint density at radius 3 is 2.72 bits per heavy atom. The number of pyridine rings is 1. The summed E-state index contributed by atoms with van der Waals surface area (Å²) in [5, 5.41) is 12.0. The minimum Gasteiger partial charge on any atom is -0.362 e. The molecule has 1 N–H and O–H groups in total. The van der Waals surface area contributed by atoms with Gasteiger partial charge in [0.05, 0.1) is 11.6 Å². The number of nitrogens with zero attached hydrogens (tertiary/aromatic N) is 3. The summed E-state index contributed by atoms with van der Waals surface area (Å²) in [4.78, 5) is 17.8. The van der Waals surface area contributed by atoms with E-state index < -0.39 is 22.8 Å². The van der Waals surface area contributed by atoms with E-state index in [4.69, 9.17) is 0 Å². The number of aromatic nitrogens is 1. The normalized spacial score (nSPS) is 28.2. The molecule has 1 unspecified atom stereocenters. The number of benzene rings is 1. The predicted molar refractivity (Wildman–Crippen MR) is 122 cm³/mol. The molecule has 2 aliphatic heterocycles. The number of alkyl halides is 1. The standard InChI is InChI=1S/C26H27FN4O/c1-5-26(18-8-6-7-16(12-18)17-9-10-28-15(2)11-17)19-14-29-31-24(19)30-20-13-25(3,4)23(27)22(32)21(20)26/h6-12,14,23-24,30H,5,13H2,1-4H3/t23-,24?,26-/m1/s1. The number of rotatable bonds is 3. The van der Waals surface area contributed by atoms with E-state index in [1.54, 1.807) is 12.4 Å². The van der Waals surface area contributed by atoms with Crippen molar-refractivity contribution in [3.8, 4) is 11.1 Å². The summed E-state index contributed by atoms with van der Waals surface area (Å²) < 4.78 is 15.4. The van der Waals surface area contributed by atoms with Gasteiger partial charge in [-0.15, -0.1) is 0 Å². The number of carbonyl (C=O) groups excluding carboxylic acids is 1. The zero-order chi connectivity index (χ0) is 22.7. The van der Waals surface area contributed by atoms with Crippen molar-refractivity contribution in [3.05, 3.63) is 76.9 Å². The fraction of sp³-hybridized carbons (Fsp3) is 0.385. The van der Waals surface area contributed by atoms with Crippen molar-refractivity contribution in [3.63, 3.8) is 0 Å². The highest BCUT2D eigenvalue weighted by Crippen LogP contribution is 2.54. The van der Waals surface area contributed by atoms with Gasteiger partial charge in [0.1, 0.15) is 0 Å². The van der Waals surface area contributed by atoms with Crippen LogP contribution < -0.4 is 5.32 Å². The third-order valence-corrected chi connectivity index (χ3v) is 7.12. The third-order valence-electron chi connectivity index (χ3n) is 7.12. The van der Waals surface area contributed by atoms with Crippen molar-refractivity contribution in [1.82, 2.24) is 10.3 Å². The molecule has 1 aliphatic carbocycles. The Bertz CT molecular complexity index is 1210. The van der Waals surface area contributed by atoms with Crippen LogP contribution in [0.15, 0.2) is 75.9 Å². The number of hydrogen-bond donors (Lipinski definition) is 1. The summed E-state index contributed by atoms with van der Waals surface area (Å²) in [7, 11) is 0. The number of nitrogens with one attached hydrogen (secondary N) is 1. The van der Waals surface area contributed by atoms with Crippen LogP contribution in [0.4, 0.5) is 4.39 Å². The van der Waals surface area contributed by atoms with Crippen molar-refractivity contribution >= 4 is 5.78 Å². The van der Waals surface area contributed by atoms with Crippen molar-refractivity contribution in [2.24, 2.45) is 15.6 Å². The van der Waals surface area contributed by atoms with Crippen LogP contribution in [0.5, 0.6) is 0 Å². The Morgan fingerprint density at radius 2 is 1.97 bits per heavy atom. The molecule has 1 aromatic heterocycles. The van der Waals surface area contributed by atoms with Crippen molar-refractivity contribution in [2.45, 2.75) is 58.3 Å². The van der Waals surface area contributed by atoms with Gasteiger partial charge in [-0.1, -0.05) is 39.0 Å². The first-order chi connectivity index (χ1) is 15.3. The summed E-state index contributed by atoms with van der Waals surface area (Å²) in [6.45, 7) is 7.63. The lowest BCUT2D eigenvalue weighted by Gasteiger charge is -2.48. The number of halogens is 1. The summed E-state index contributed by atoms with van der Waals surface area (Å²) in [6, 6.07) is 12.2. The molecule has 0 bridgehead atoms. The first-order valence-corrected chi connectivity index (χ1v) is 11.1. The minimum atomic E-state index is -1.55. The van der Waals surface area contributed by atoms with E-state index >= 15 is 4.39 Å². The van der Waals surface area contributed by atoms with Crippen molar-refractivity contribution < 1.29 is 9.18 Å². The highest BCUT2D eigenvalue weighted by Gasteiger charge is 2.56. The van der Waals surface area contributed by atoms with Crippen molar-refractivity contribution in [2.75, 3.05) is 0 Å². The molecule has 0 fully saturated rings. The molecule has 2 aromatic rings. The van der Waals surface area contributed by atoms with E-state index in [-0.39, 0.29) is 6.17 Å². The number of Topliss-reactive ketones (excluding diaryl/α,β-unsaturated/α-hetero) is 1. The maximum absolute atomic E-state index is 15.4. The van der Waals surface area contributed by atoms with Gasteiger partial charge in [-0.3, -0.25) is 9.78 Å². The zero-order valence-corrected chi connectivity index (χ0v) is 18.8. The molecular formula is C26H27FN4O. The molecule has 3 aliphatic rings. The number of ketones is 1. The van der Waals surface area contributed by atoms with Crippen molar-refractivity contribution in [1.29, 1.82) is 0 Å². The predicted octanol–water partition coefficient (Wildman–Crippen LogP) is 5.58. The fourth-order valence-electron chi connectivity index (χ4n) is 5.49. The van der Waals surface area contributed by atoms with Gasteiger partial charge in [-0.25, -0.2) is 4.39 Å². The minimum absolute atomic E-state index is 0.333. The molecule has 1 aromatic carbocycles. The molecule has 5 rings (SSSR count). The zero-order valence-electron chi connectivity index (χ0n) is 18.8. The first kappa shape index (κ1) is 20.7. The molecule has 0 radical (unpaired) electrons. The first-order valence-electron chi connectivity index (χ1n) is 11.1. The molecule has 6 heteroatoms. The maximum atomic E-state index is 15.4. The maximum Gasteiger partial charge on any atom is 0.196 e. The highest BCUT2D eigenvalue weighted by molar-refractivity contribution is 6.04. The third kappa shape index (κ3) is 2.89. The van der Waals surface area contributed by atoms with Crippen LogP contribution in [-0.2, 0) is 10.2 Å². The van der Waals surface area contributed by atoms with E-state index in [0.29, 0.717) is 18.4 Å². The molecular weight excluding hydrogens is 403 g/mol. The summed E-state index contributed by atoms with van der Waals surface area (Å²) in [5.41, 5.74) is 4.68. The van der Waals surface area contributed by atoms with Gasteiger partial charge in [-0.2, -0.15) is 10.2 Å². The number of carbonyl (C=O) groups is 1. The van der Waals surface area contributed by atoms with Gasteiger partial charge in [-0.05, 0) is 54.7 Å². The van der Waals surface area contributed by atoms with Gasteiger partial charge < -0.3 is 5.32 Å². The van der Waals surface area contributed by atoms with E-state index in [1.165, 1.54) is 0 Å². The average Bonchev–Trinajstić information content (AvgIpc) is 3.25. The van der Waals surface area contributed by atoms with Gasteiger partial charge in [0.2, 0.25) is 0 Å². The monoisotopic (exact) mass is 430 g/mol. The van der Waals surface area contributed by atoms with Crippen LogP contribution in [0.1, 0.15) is 44.9 Å². The van der Waals surface area contributed by atoms with Gasteiger partial charge in [0, 0.05) is 34.1 Å². The van der Waals surface area contributed by atoms with Crippen LogP contribution in [0.2, 0.25) is 0 Å². The van der Waals surface area contributed by atoms with Crippen LogP contribution in [0, 0.1) is 12.3 Å². The molecule has 164 valence electrons. The molecule has 0 saturated heterocycles. The molecule has 3 atom stereocenters. The summed E-state index contributed by atoms with van der Waals surface area (Å²) in [5.74, 6) is -0.429. The lowest BCUT2D eigenvalue weighted by atomic mass is 9.58. The SMILES string of the molecule is CC[C@@]1(c2cccc(-c3ccnc(C)c3)c2)C2=CN=NC2NC2=C1C(=O)[C@@H](F)C(C)(C)C2. The summed E-state index contributed by atoms with van der Waals surface area (Å²) in [6.07, 6.45) is 2.73. The van der Waals surface area contributed by atoms with Crippen LogP contribution in [0.3, 0.4) is 0 Å². The number of fused-ring (bicyclic) bond motifs is 1. The smallest absolute Gasteiger partial charge is 0.196 e. The quantitative estimate of drug-likeness (QED) is 0.692. The average molecular weight is 431 g/mol. The second-order valence-corrected chi connectivity index (χ2v) is 9.63. The molecule has 5 nitrogen and oxygen atoms in total. The Hall–Kier alpha value is -3.15. The number of azo groups is 1. The van der Waals surface area contributed by atoms with Gasteiger partial charge in [0.25, 0.3) is 0 Å². The van der Waals surface area contributed by atoms with E-state index in [2.05, 4.69) is 39.6 Å². The largest absolute Gasteiger partial charge is 0.362 e. The van der Waals surface area contributed by atoms with Gasteiger partial charge in [0.15, 0.2) is 18.1 Å². The van der Waals surface area contributed by atoms with Crippen LogP contribution in [0.25, 0.3) is 11.1 Å². The molecule has 32 heavy (non-hydrogen) atoms. The van der Waals surface area contributed by atoms with E-state index in [1.807, 2.05) is 45.0 Å². The second-order valence-electron chi connectivity index (χ2n) is 9.63. The second kappa shape index (κ2) is 7.19. The van der Waals surface area contributed by atoms with Gasteiger partial charge >= 0.3 is 0 Å². The number of hydrogen-bond acceptors (Lipinski definition) is 5. The summed E-state index contributed by atoms with van der Waals surface area (Å²) >= 11 is 0. The molecule has 3 heterocycles. The number of aryl methyl sites for hydroxylation is 1. The highest BCUT2D eigenvalue weighted by atomic mass is 19.1. The number of allylic oxidation sites excluding steroid dienone is 2. The lowest BCUT2D eigenvalue weighted by Crippen LogP contribution is -2.54.